The first kappa shape index (κ1) is 10.8. The lowest BCUT2D eigenvalue weighted by Crippen LogP contribution is -2.64. The van der Waals surface area contributed by atoms with Crippen molar-refractivity contribution in [3.63, 3.8) is 0 Å². The maximum atomic E-state index is 2.93. The van der Waals surface area contributed by atoms with E-state index >= 15 is 0 Å². The smallest absolute Gasteiger partial charge is 0.0269 e. The van der Waals surface area contributed by atoms with E-state index in [9.17, 15) is 0 Å². The highest BCUT2D eigenvalue weighted by Crippen LogP contribution is 2.63. The molecule has 1 atom stereocenters. The molecule has 5 rings (SSSR count). The molecule has 1 unspecified atom stereocenters. The Kier molecular flexibility index (Phi) is 2.23. The molecule has 0 aromatic rings. The molecule has 96 valence electrons. The van der Waals surface area contributed by atoms with Crippen molar-refractivity contribution in [2.45, 2.75) is 70.4 Å². The molecule has 1 aliphatic heterocycles. The molecule has 1 saturated heterocycles. The summed E-state index contributed by atoms with van der Waals surface area (Å²) in [6, 6.07) is 0.859. The molecular formula is C16H27N. The van der Waals surface area contributed by atoms with Crippen molar-refractivity contribution in [1.29, 1.82) is 0 Å². The topological polar surface area (TPSA) is 3.24 Å². The second-order valence-corrected chi connectivity index (χ2v) is 7.47. The largest absolute Gasteiger partial charge is 0.295 e. The fourth-order valence-corrected chi connectivity index (χ4v) is 6.63. The summed E-state index contributed by atoms with van der Waals surface area (Å²) in [6.07, 6.45) is 10.9. The van der Waals surface area contributed by atoms with Crippen LogP contribution in [0.15, 0.2) is 0 Å². The Morgan fingerprint density at radius 3 is 2.12 bits per heavy atom. The van der Waals surface area contributed by atoms with E-state index in [0.29, 0.717) is 5.54 Å². The standard InChI is InChI=1S/C16H27N/c1-3-17-11(2)4-5-16(17)14-7-12-6-13(9-14)10-15(16)8-12/h11-15H,3-10H2,1-2H3. The van der Waals surface area contributed by atoms with Gasteiger partial charge in [-0.15, -0.1) is 0 Å². The van der Waals surface area contributed by atoms with E-state index < -0.39 is 0 Å². The zero-order valence-corrected chi connectivity index (χ0v) is 11.5. The zero-order chi connectivity index (χ0) is 11.6. The third kappa shape index (κ3) is 1.25. The number of nitrogens with zero attached hydrogens (tertiary/aromatic N) is 1. The number of hydrogen-bond donors (Lipinski definition) is 0. The van der Waals surface area contributed by atoms with Gasteiger partial charge in [-0.05, 0) is 82.1 Å². The van der Waals surface area contributed by atoms with Gasteiger partial charge >= 0.3 is 0 Å². The van der Waals surface area contributed by atoms with Gasteiger partial charge in [0.15, 0.2) is 0 Å². The van der Waals surface area contributed by atoms with Gasteiger partial charge in [-0.1, -0.05) is 6.92 Å². The van der Waals surface area contributed by atoms with Crippen LogP contribution < -0.4 is 0 Å². The minimum atomic E-state index is 0.668. The van der Waals surface area contributed by atoms with Gasteiger partial charge in [-0.3, -0.25) is 4.90 Å². The lowest BCUT2D eigenvalue weighted by molar-refractivity contribution is -0.124. The molecule has 4 aliphatic carbocycles. The Balaban J connectivity index is 1.73. The minimum Gasteiger partial charge on any atom is -0.295 e. The summed E-state index contributed by atoms with van der Waals surface area (Å²) in [4.78, 5) is 2.93. The average Bonchev–Trinajstić information content (AvgIpc) is 2.63. The molecule has 0 N–H and O–H groups in total. The van der Waals surface area contributed by atoms with Gasteiger partial charge in [-0.25, -0.2) is 0 Å². The molecule has 1 heterocycles. The molecule has 17 heavy (non-hydrogen) atoms. The van der Waals surface area contributed by atoms with Crippen LogP contribution >= 0.6 is 0 Å². The van der Waals surface area contributed by atoms with Crippen LogP contribution in [0.4, 0.5) is 0 Å². The Hall–Kier alpha value is -0.0400. The third-order valence-corrected chi connectivity index (χ3v) is 6.92. The summed E-state index contributed by atoms with van der Waals surface area (Å²) < 4.78 is 0. The van der Waals surface area contributed by atoms with E-state index in [4.69, 9.17) is 0 Å². The van der Waals surface area contributed by atoms with E-state index in [1.54, 1.807) is 32.1 Å². The SMILES string of the molecule is CCN1C(C)CCC12C1CC3CC(C1)CC2C3. The van der Waals surface area contributed by atoms with E-state index in [1.165, 1.54) is 19.4 Å². The minimum absolute atomic E-state index is 0.668. The van der Waals surface area contributed by atoms with Gasteiger partial charge in [0.05, 0.1) is 0 Å². The molecule has 1 spiro atoms. The van der Waals surface area contributed by atoms with Gasteiger partial charge in [0.25, 0.3) is 0 Å². The highest BCUT2D eigenvalue weighted by molar-refractivity contribution is 5.15. The van der Waals surface area contributed by atoms with E-state index in [0.717, 1.165) is 29.7 Å². The van der Waals surface area contributed by atoms with Crippen LogP contribution in [0.25, 0.3) is 0 Å². The maximum absolute atomic E-state index is 2.93. The van der Waals surface area contributed by atoms with Crippen molar-refractivity contribution < 1.29 is 0 Å². The maximum Gasteiger partial charge on any atom is 0.0269 e. The van der Waals surface area contributed by atoms with Gasteiger partial charge in [-0.2, -0.15) is 0 Å². The lowest BCUT2D eigenvalue weighted by Gasteiger charge is -2.63. The quantitative estimate of drug-likeness (QED) is 0.668. The van der Waals surface area contributed by atoms with Crippen molar-refractivity contribution in [2.75, 3.05) is 6.54 Å². The summed E-state index contributed by atoms with van der Waals surface area (Å²) in [5.74, 6) is 4.39. The summed E-state index contributed by atoms with van der Waals surface area (Å²) in [5, 5.41) is 0. The van der Waals surface area contributed by atoms with E-state index in [1.807, 2.05) is 0 Å². The van der Waals surface area contributed by atoms with Crippen molar-refractivity contribution in [3.8, 4) is 0 Å². The first-order valence-electron chi connectivity index (χ1n) is 8.00. The second-order valence-electron chi connectivity index (χ2n) is 7.47. The van der Waals surface area contributed by atoms with Crippen molar-refractivity contribution >= 4 is 0 Å². The lowest BCUT2D eigenvalue weighted by atomic mass is 9.48. The summed E-state index contributed by atoms with van der Waals surface area (Å²) >= 11 is 0. The molecule has 5 fully saturated rings. The molecule has 0 amide bonds. The molecule has 4 saturated carbocycles. The number of likely N-dealkylation sites (tertiary alicyclic amines) is 1. The fourth-order valence-electron chi connectivity index (χ4n) is 6.63. The van der Waals surface area contributed by atoms with Crippen LogP contribution in [0.2, 0.25) is 0 Å². The zero-order valence-electron chi connectivity index (χ0n) is 11.5. The van der Waals surface area contributed by atoms with Crippen LogP contribution in [0.5, 0.6) is 0 Å². The predicted molar refractivity (Wildman–Crippen MR) is 70.9 cm³/mol. The Morgan fingerprint density at radius 2 is 1.59 bits per heavy atom. The summed E-state index contributed by atoms with van der Waals surface area (Å²) in [7, 11) is 0. The molecule has 4 bridgehead atoms. The monoisotopic (exact) mass is 233 g/mol. The normalized spacial score (nSPS) is 57.2. The number of hydrogen-bond acceptors (Lipinski definition) is 1. The number of rotatable bonds is 1. The van der Waals surface area contributed by atoms with Crippen LogP contribution in [-0.2, 0) is 0 Å². The third-order valence-electron chi connectivity index (χ3n) is 6.92. The highest BCUT2D eigenvalue weighted by atomic mass is 15.3. The Bertz CT molecular complexity index is 293. The predicted octanol–water partition coefficient (Wildman–Crippen LogP) is 3.69. The van der Waals surface area contributed by atoms with Crippen molar-refractivity contribution in [2.24, 2.45) is 23.7 Å². The fraction of sp³-hybridized carbons (Fsp3) is 1.00. The van der Waals surface area contributed by atoms with E-state index in [2.05, 4.69) is 18.7 Å². The Morgan fingerprint density at radius 1 is 1.00 bits per heavy atom. The molecule has 5 aliphatic rings. The second kappa shape index (κ2) is 3.50. The average molecular weight is 233 g/mol. The molecule has 1 nitrogen and oxygen atoms in total. The van der Waals surface area contributed by atoms with Crippen LogP contribution in [0.1, 0.15) is 58.8 Å². The first-order valence-corrected chi connectivity index (χ1v) is 8.00. The molecule has 0 aromatic heterocycles. The molecule has 0 aromatic carbocycles. The van der Waals surface area contributed by atoms with Gasteiger partial charge in [0, 0.05) is 11.6 Å². The highest BCUT2D eigenvalue weighted by Gasteiger charge is 2.61. The van der Waals surface area contributed by atoms with Crippen LogP contribution in [0, 0.1) is 23.7 Å². The van der Waals surface area contributed by atoms with E-state index in [-0.39, 0.29) is 0 Å². The molecular weight excluding hydrogens is 206 g/mol. The van der Waals surface area contributed by atoms with Crippen LogP contribution in [-0.4, -0.2) is 23.0 Å². The van der Waals surface area contributed by atoms with Crippen LogP contribution in [0.3, 0.4) is 0 Å². The van der Waals surface area contributed by atoms with Gasteiger partial charge in [0.2, 0.25) is 0 Å². The van der Waals surface area contributed by atoms with Gasteiger partial charge in [0.1, 0.15) is 0 Å². The molecule has 1 heteroatoms. The molecule has 0 radical (unpaired) electrons. The summed E-state index contributed by atoms with van der Waals surface area (Å²) in [5.41, 5.74) is 0.668. The van der Waals surface area contributed by atoms with Crippen molar-refractivity contribution in [3.05, 3.63) is 0 Å². The summed E-state index contributed by atoms with van der Waals surface area (Å²) in [6.45, 7) is 6.17. The van der Waals surface area contributed by atoms with Gasteiger partial charge < -0.3 is 0 Å². The first-order chi connectivity index (χ1) is 8.24. The van der Waals surface area contributed by atoms with Crippen molar-refractivity contribution in [1.82, 2.24) is 4.90 Å². The Labute approximate surface area is 106 Å².